The second-order valence-corrected chi connectivity index (χ2v) is 6.55. The Balaban J connectivity index is 0.000000162. The number of hydrogen-bond donors (Lipinski definition) is 0. The molecule has 32 heavy (non-hydrogen) atoms. The Kier molecular flexibility index (Phi) is 13.7. The summed E-state index contributed by atoms with van der Waals surface area (Å²) in [5.41, 5.74) is 5.51. The molecule has 0 fully saturated rings. The van der Waals surface area contributed by atoms with E-state index in [9.17, 15) is 0 Å². The molecule has 0 radical (unpaired) electrons. The zero-order chi connectivity index (χ0) is 22.7. The maximum Gasteiger partial charge on any atom is -0.0253 e. The van der Waals surface area contributed by atoms with Crippen molar-refractivity contribution in [2.45, 2.75) is 12.8 Å². The van der Waals surface area contributed by atoms with Crippen molar-refractivity contribution in [3.05, 3.63) is 157 Å². The van der Waals surface area contributed by atoms with Gasteiger partial charge in [0.05, 0.1) is 0 Å². The predicted octanol–water partition coefficient (Wildman–Crippen LogP) is 6.42. The van der Waals surface area contributed by atoms with Gasteiger partial charge in [-0.2, -0.15) is 109 Å². The van der Waals surface area contributed by atoms with E-state index >= 15 is 0 Å². The van der Waals surface area contributed by atoms with Gasteiger partial charge < -0.3 is 0 Å². The monoisotopic (exact) mass is 504 g/mol. The van der Waals surface area contributed by atoms with Crippen molar-refractivity contribution >= 4 is 6.88 Å². The van der Waals surface area contributed by atoms with E-state index in [2.05, 4.69) is 66.7 Å². The van der Waals surface area contributed by atoms with Gasteiger partial charge in [-0.25, -0.2) is 12.2 Å². The van der Waals surface area contributed by atoms with Crippen LogP contribution in [0, 0.1) is 24.3 Å². The van der Waals surface area contributed by atoms with Crippen LogP contribution in [-0.4, -0.2) is 6.88 Å². The summed E-state index contributed by atoms with van der Waals surface area (Å²) in [5.74, 6) is 0. The maximum atomic E-state index is 3.30. The van der Waals surface area contributed by atoms with Gasteiger partial charge in [-0.05, 0) is 6.42 Å². The van der Waals surface area contributed by atoms with Gasteiger partial charge in [-0.15, -0.1) is 12.0 Å². The molecule has 4 aromatic rings. The Morgan fingerprint density at radius 2 is 1.28 bits per heavy atom. The molecular formula is C30H26SiZr-4. The molecule has 0 aliphatic heterocycles. The van der Waals surface area contributed by atoms with Crippen LogP contribution in [0.1, 0.15) is 17.5 Å². The third-order valence-electron chi connectivity index (χ3n) is 4.42. The van der Waals surface area contributed by atoms with Gasteiger partial charge in [0.1, 0.15) is 0 Å². The van der Waals surface area contributed by atoms with Gasteiger partial charge in [-0.3, -0.25) is 6.08 Å². The summed E-state index contributed by atoms with van der Waals surface area (Å²) in [6.07, 6.45) is 11.0. The van der Waals surface area contributed by atoms with Crippen molar-refractivity contribution in [1.82, 2.24) is 0 Å². The molecule has 2 aliphatic rings. The van der Waals surface area contributed by atoms with Crippen LogP contribution < -0.4 is 0 Å². The first-order chi connectivity index (χ1) is 15.9. The minimum absolute atomic E-state index is 1.01. The third-order valence-corrected chi connectivity index (χ3v) is 4.42. The van der Waals surface area contributed by atoms with Crippen molar-refractivity contribution in [2.24, 2.45) is 0 Å². The second kappa shape index (κ2) is 17.1. The zero-order valence-electron chi connectivity index (χ0n) is 18.2. The van der Waals surface area contributed by atoms with Crippen LogP contribution in [0.4, 0.5) is 0 Å². The number of benzene rings is 4. The Labute approximate surface area is 209 Å². The summed E-state index contributed by atoms with van der Waals surface area (Å²) >= 11 is 1.58. The number of fused-ring (bicyclic) bond motifs is 3. The molecule has 0 heterocycles. The van der Waals surface area contributed by atoms with Crippen LogP contribution in [-0.2, 0) is 29.8 Å². The summed E-state index contributed by atoms with van der Waals surface area (Å²) in [7, 11) is 0. The quantitative estimate of drug-likeness (QED) is 0.168. The summed E-state index contributed by atoms with van der Waals surface area (Å²) < 4.78 is 0. The Hall–Kier alpha value is -2.54. The normalized spacial score (nSPS) is 10.8. The van der Waals surface area contributed by atoms with Crippen molar-refractivity contribution in [2.75, 3.05) is 0 Å². The average Bonchev–Trinajstić information content (AvgIpc) is 3.60. The molecule has 0 saturated carbocycles. The fraction of sp³-hybridized carbons (Fsp3) is 0.0667. The molecule has 0 N–H and O–H groups in total. The molecule has 0 atom stereocenters. The van der Waals surface area contributed by atoms with Gasteiger partial charge in [0.25, 0.3) is 0 Å². The molecule has 0 nitrogen and oxygen atoms in total. The first-order valence-electron chi connectivity index (χ1n) is 10.4. The summed E-state index contributed by atoms with van der Waals surface area (Å²) in [5, 5.41) is 0. The van der Waals surface area contributed by atoms with Gasteiger partial charge in [0, 0.05) is 0 Å². The maximum absolute atomic E-state index is 3.30. The molecule has 0 saturated heterocycles. The van der Waals surface area contributed by atoms with Crippen LogP contribution in [0.5, 0.6) is 0 Å². The fourth-order valence-electron chi connectivity index (χ4n) is 3.02. The average molecular weight is 506 g/mol. The van der Waals surface area contributed by atoms with Crippen molar-refractivity contribution in [3.8, 4) is 11.1 Å². The first kappa shape index (κ1) is 25.7. The van der Waals surface area contributed by atoms with Crippen molar-refractivity contribution in [1.29, 1.82) is 0 Å². The molecule has 0 amide bonds. The Morgan fingerprint density at radius 1 is 0.656 bits per heavy atom. The predicted molar refractivity (Wildman–Crippen MR) is 134 cm³/mol. The summed E-state index contributed by atoms with van der Waals surface area (Å²) in [4.78, 5) is 0. The van der Waals surface area contributed by atoms with Gasteiger partial charge in [0.15, 0.2) is 0 Å². The van der Waals surface area contributed by atoms with Crippen LogP contribution in [0.15, 0.2) is 121 Å². The largest absolute Gasteiger partial charge is 0.184 e. The van der Waals surface area contributed by atoms with Crippen LogP contribution in [0.25, 0.3) is 11.1 Å². The van der Waals surface area contributed by atoms with E-state index in [0.29, 0.717) is 0 Å². The zero-order valence-corrected chi connectivity index (χ0v) is 22.0. The molecule has 4 aromatic carbocycles. The fourth-order valence-corrected chi connectivity index (χ4v) is 3.02. The SMILES string of the molecule is [C-]1=CC=CC1.[SiH2]=[Zr].[c-]1cccc2c1Cc1ccccc1-2.[c-]1ccccc1.[c-]1ccccc1. The van der Waals surface area contributed by atoms with E-state index in [4.69, 9.17) is 0 Å². The number of allylic oxidation sites excluding steroid dienone is 4. The Morgan fingerprint density at radius 3 is 1.75 bits per heavy atom. The topological polar surface area (TPSA) is 0 Å². The van der Waals surface area contributed by atoms with Gasteiger partial charge >= 0.3 is 30.2 Å². The molecule has 0 bridgehead atoms. The number of hydrogen-bond acceptors (Lipinski definition) is 0. The molecule has 2 aliphatic carbocycles. The number of rotatable bonds is 0. The standard InChI is InChI=1S/C13H9.2C6H5.C5H5.H2Si.Zr/c1-3-7-12-10(5-1)9-11-6-2-4-8-13(11)12;2*1-2-4-6-5-3-1;1-2-4-5-3-1;;/h1-5,7-8H,9H2;2*1-5H;1-3H,4H2;1H2;/q4*-1;;. The van der Waals surface area contributed by atoms with Crippen LogP contribution in [0.3, 0.4) is 0 Å². The molecule has 0 unspecified atom stereocenters. The van der Waals surface area contributed by atoms with Crippen molar-refractivity contribution < 1.29 is 23.3 Å². The van der Waals surface area contributed by atoms with Gasteiger partial charge in [0.2, 0.25) is 0 Å². The van der Waals surface area contributed by atoms with E-state index in [-0.39, 0.29) is 0 Å². The van der Waals surface area contributed by atoms with Crippen LogP contribution in [0.2, 0.25) is 0 Å². The van der Waals surface area contributed by atoms with E-state index < -0.39 is 0 Å². The molecule has 6 rings (SSSR count). The van der Waals surface area contributed by atoms with Crippen molar-refractivity contribution in [3.63, 3.8) is 0 Å². The minimum atomic E-state index is 1.01. The molecule has 0 aromatic heterocycles. The van der Waals surface area contributed by atoms with E-state index in [0.717, 1.165) is 12.8 Å². The molecule has 2 heteroatoms. The summed E-state index contributed by atoms with van der Waals surface area (Å²) in [6.45, 7) is 1.95. The smallest absolute Gasteiger partial charge is 0.0253 e. The van der Waals surface area contributed by atoms with Crippen LogP contribution >= 0.6 is 0 Å². The van der Waals surface area contributed by atoms with E-state index in [1.807, 2.05) is 85.8 Å². The van der Waals surface area contributed by atoms with E-state index in [1.165, 1.54) is 22.3 Å². The minimum Gasteiger partial charge on any atom is -0.184 e. The second-order valence-electron chi connectivity index (χ2n) is 6.55. The Bertz CT molecular complexity index is 918. The molecular weight excluding hydrogens is 480 g/mol. The molecule has 158 valence electrons. The summed E-state index contributed by atoms with van der Waals surface area (Å²) in [6, 6.07) is 43.1. The molecule has 0 spiro atoms. The van der Waals surface area contributed by atoms with E-state index in [1.54, 1.807) is 23.3 Å². The third kappa shape index (κ3) is 9.73. The first-order valence-corrected chi connectivity index (χ1v) is 16.3. The van der Waals surface area contributed by atoms with Gasteiger partial charge in [-0.1, -0.05) is 35.4 Å².